The SMILES string of the molecule is COC(=O)CCCc1nnc(NC(=O)[C@@H](N)C(C)(C)C)s1. The number of anilines is 1. The van der Waals surface area contributed by atoms with Crippen molar-refractivity contribution in [2.24, 2.45) is 11.1 Å². The van der Waals surface area contributed by atoms with E-state index >= 15 is 0 Å². The Balaban J connectivity index is 2.48. The zero-order chi connectivity index (χ0) is 16.0. The molecule has 1 rings (SSSR count). The predicted octanol–water partition coefficient (Wildman–Crippen LogP) is 1.35. The Morgan fingerprint density at radius 3 is 2.62 bits per heavy atom. The second-order valence-corrected chi connectivity index (χ2v) is 6.83. The fourth-order valence-corrected chi connectivity index (χ4v) is 2.25. The number of aromatic nitrogens is 2. The number of amides is 1. The monoisotopic (exact) mass is 314 g/mol. The number of hydrogen-bond donors (Lipinski definition) is 2. The molecule has 7 nitrogen and oxygen atoms in total. The Morgan fingerprint density at radius 1 is 1.38 bits per heavy atom. The standard InChI is InChI=1S/C13H22N4O3S/c1-13(2,3)10(14)11(19)15-12-17-16-8(21-12)6-5-7-9(18)20-4/h10H,5-7,14H2,1-4H3,(H,15,17,19)/t10-/m1/s1. The number of hydrogen-bond acceptors (Lipinski definition) is 7. The van der Waals surface area contributed by atoms with Crippen LogP contribution in [0.2, 0.25) is 0 Å². The van der Waals surface area contributed by atoms with Gasteiger partial charge in [-0.1, -0.05) is 32.1 Å². The number of carbonyl (C=O) groups is 2. The van der Waals surface area contributed by atoms with Gasteiger partial charge < -0.3 is 10.5 Å². The highest BCUT2D eigenvalue weighted by molar-refractivity contribution is 7.15. The number of carbonyl (C=O) groups excluding carboxylic acids is 2. The van der Waals surface area contributed by atoms with Crippen molar-refractivity contribution in [1.29, 1.82) is 0 Å². The van der Waals surface area contributed by atoms with E-state index in [2.05, 4.69) is 20.3 Å². The molecule has 3 N–H and O–H groups in total. The van der Waals surface area contributed by atoms with Crippen molar-refractivity contribution in [3.63, 3.8) is 0 Å². The third-order valence-electron chi connectivity index (χ3n) is 2.91. The van der Waals surface area contributed by atoms with Crippen LogP contribution < -0.4 is 11.1 Å². The summed E-state index contributed by atoms with van der Waals surface area (Å²) >= 11 is 1.29. The fourth-order valence-electron chi connectivity index (χ4n) is 1.47. The number of ether oxygens (including phenoxy) is 1. The number of nitrogens with one attached hydrogen (secondary N) is 1. The molecule has 0 aliphatic carbocycles. The molecule has 0 spiro atoms. The van der Waals surface area contributed by atoms with Crippen molar-refractivity contribution in [2.75, 3.05) is 12.4 Å². The second-order valence-electron chi connectivity index (χ2n) is 5.76. The maximum Gasteiger partial charge on any atom is 0.305 e. The molecule has 1 heterocycles. The van der Waals surface area contributed by atoms with Gasteiger partial charge in [-0.15, -0.1) is 10.2 Å². The molecule has 0 unspecified atom stereocenters. The number of nitrogens with two attached hydrogens (primary N) is 1. The highest BCUT2D eigenvalue weighted by atomic mass is 32.1. The maximum absolute atomic E-state index is 12.0. The van der Waals surface area contributed by atoms with Crippen LogP contribution in [0.25, 0.3) is 0 Å². The zero-order valence-electron chi connectivity index (χ0n) is 12.8. The van der Waals surface area contributed by atoms with E-state index in [4.69, 9.17) is 5.73 Å². The van der Waals surface area contributed by atoms with E-state index in [1.165, 1.54) is 18.4 Å². The maximum atomic E-state index is 12.0. The largest absolute Gasteiger partial charge is 0.469 e. The van der Waals surface area contributed by atoms with Gasteiger partial charge in [-0.25, -0.2) is 0 Å². The van der Waals surface area contributed by atoms with Gasteiger partial charge in [0.15, 0.2) is 0 Å². The first-order chi connectivity index (χ1) is 9.74. The summed E-state index contributed by atoms with van der Waals surface area (Å²) in [6.07, 6.45) is 1.59. The van der Waals surface area contributed by atoms with Crippen LogP contribution in [0.3, 0.4) is 0 Å². The van der Waals surface area contributed by atoms with Crippen molar-refractivity contribution >= 4 is 28.3 Å². The molecule has 1 aromatic rings. The number of esters is 1. The molecule has 1 atom stereocenters. The molecular formula is C13H22N4O3S. The molecule has 0 bridgehead atoms. The minimum absolute atomic E-state index is 0.246. The third-order valence-corrected chi connectivity index (χ3v) is 3.81. The van der Waals surface area contributed by atoms with Gasteiger partial charge in [0.25, 0.3) is 0 Å². The molecule has 0 aliphatic heterocycles. The lowest BCUT2D eigenvalue weighted by molar-refractivity contribution is -0.140. The van der Waals surface area contributed by atoms with Gasteiger partial charge in [0.05, 0.1) is 13.2 Å². The minimum atomic E-state index is -0.621. The topological polar surface area (TPSA) is 107 Å². The highest BCUT2D eigenvalue weighted by Crippen LogP contribution is 2.21. The predicted molar refractivity (Wildman–Crippen MR) is 80.9 cm³/mol. The van der Waals surface area contributed by atoms with Crippen LogP contribution in [0.1, 0.15) is 38.6 Å². The summed E-state index contributed by atoms with van der Waals surface area (Å²) in [4.78, 5) is 22.9. The fraction of sp³-hybridized carbons (Fsp3) is 0.692. The van der Waals surface area contributed by atoms with Gasteiger partial charge >= 0.3 is 5.97 Å². The van der Waals surface area contributed by atoms with Gasteiger partial charge in [0, 0.05) is 12.8 Å². The van der Waals surface area contributed by atoms with E-state index in [1.54, 1.807) is 0 Å². The van der Waals surface area contributed by atoms with Gasteiger partial charge in [0.2, 0.25) is 11.0 Å². The lowest BCUT2D eigenvalue weighted by Crippen LogP contribution is -2.45. The molecule has 0 aliphatic rings. The third kappa shape index (κ3) is 5.76. The van der Waals surface area contributed by atoms with Crippen molar-refractivity contribution < 1.29 is 14.3 Å². The molecule has 8 heteroatoms. The molecule has 0 fully saturated rings. The van der Waals surface area contributed by atoms with Crippen LogP contribution in [-0.4, -0.2) is 35.2 Å². The first-order valence-electron chi connectivity index (χ1n) is 6.69. The van der Waals surface area contributed by atoms with Crippen molar-refractivity contribution in [1.82, 2.24) is 10.2 Å². The van der Waals surface area contributed by atoms with E-state index in [-0.39, 0.29) is 17.3 Å². The molecule has 0 radical (unpaired) electrons. The van der Waals surface area contributed by atoms with Gasteiger partial charge in [-0.2, -0.15) is 0 Å². The van der Waals surface area contributed by atoms with Crippen LogP contribution in [-0.2, 0) is 20.7 Å². The molecule has 21 heavy (non-hydrogen) atoms. The second kappa shape index (κ2) is 7.46. The average Bonchev–Trinajstić information content (AvgIpc) is 2.84. The molecular weight excluding hydrogens is 292 g/mol. The van der Waals surface area contributed by atoms with Crippen molar-refractivity contribution in [2.45, 2.75) is 46.1 Å². The lowest BCUT2D eigenvalue weighted by atomic mass is 9.87. The summed E-state index contributed by atoms with van der Waals surface area (Å²) in [5.74, 6) is -0.524. The Hall–Kier alpha value is -1.54. The molecule has 1 amide bonds. The summed E-state index contributed by atoms with van der Waals surface area (Å²) in [6.45, 7) is 5.70. The quantitative estimate of drug-likeness (QED) is 0.767. The van der Waals surface area contributed by atoms with E-state index in [0.29, 0.717) is 24.4 Å². The van der Waals surface area contributed by atoms with Crippen molar-refractivity contribution in [3.8, 4) is 0 Å². The Labute approximate surface area is 128 Å². The number of methoxy groups -OCH3 is 1. The van der Waals surface area contributed by atoms with E-state index in [1.807, 2.05) is 20.8 Å². The Kier molecular flexibility index (Phi) is 6.22. The summed E-state index contributed by atoms with van der Waals surface area (Å²) in [5, 5.41) is 11.7. The highest BCUT2D eigenvalue weighted by Gasteiger charge is 2.28. The van der Waals surface area contributed by atoms with E-state index < -0.39 is 6.04 Å². The normalized spacial score (nSPS) is 12.8. The summed E-state index contributed by atoms with van der Waals surface area (Å²) < 4.78 is 4.56. The number of nitrogens with zero attached hydrogens (tertiary/aromatic N) is 2. The van der Waals surface area contributed by atoms with Gasteiger partial charge in [0.1, 0.15) is 5.01 Å². The molecule has 118 valence electrons. The summed E-state index contributed by atoms with van der Waals surface area (Å²) in [5.41, 5.74) is 5.55. The van der Waals surface area contributed by atoms with Crippen LogP contribution in [0.15, 0.2) is 0 Å². The van der Waals surface area contributed by atoms with Crippen LogP contribution >= 0.6 is 11.3 Å². The van der Waals surface area contributed by atoms with E-state index in [0.717, 1.165) is 5.01 Å². The first kappa shape index (κ1) is 17.5. The minimum Gasteiger partial charge on any atom is -0.469 e. The molecule has 0 aromatic carbocycles. The summed E-state index contributed by atoms with van der Waals surface area (Å²) in [7, 11) is 1.36. The summed E-state index contributed by atoms with van der Waals surface area (Å²) in [6, 6.07) is -0.621. The number of rotatable bonds is 6. The Morgan fingerprint density at radius 2 is 2.05 bits per heavy atom. The molecule has 1 aromatic heterocycles. The van der Waals surface area contributed by atoms with Crippen LogP contribution in [0.5, 0.6) is 0 Å². The lowest BCUT2D eigenvalue weighted by Gasteiger charge is -2.25. The van der Waals surface area contributed by atoms with Gasteiger partial charge in [-0.05, 0) is 11.8 Å². The average molecular weight is 314 g/mol. The van der Waals surface area contributed by atoms with E-state index in [9.17, 15) is 9.59 Å². The van der Waals surface area contributed by atoms with Crippen molar-refractivity contribution in [3.05, 3.63) is 5.01 Å². The van der Waals surface area contributed by atoms with Crippen LogP contribution in [0, 0.1) is 5.41 Å². The Bertz CT molecular complexity index is 496. The molecule has 0 saturated heterocycles. The van der Waals surface area contributed by atoms with Crippen LogP contribution in [0.4, 0.5) is 5.13 Å². The molecule has 0 saturated carbocycles. The smallest absolute Gasteiger partial charge is 0.305 e. The number of aryl methyl sites for hydroxylation is 1. The zero-order valence-corrected chi connectivity index (χ0v) is 13.6. The first-order valence-corrected chi connectivity index (χ1v) is 7.51. The van der Waals surface area contributed by atoms with Gasteiger partial charge in [-0.3, -0.25) is 14.9 Å².